The van der Waals surface area contributed by atoms with Gasteiger partial charge < -0.3 is 15.0 Å². The van der Waals surface area contributed by atoms with Crippen molar-refractivity contribution in [3.8, 4) is 11.4 Å². The van der Waals surface area contributed by atoms with Crippen LogP contribution in [0.4, 0.5) is 19.0 Å². The fraction of sp³-hybridized carbons (Fsp3) is 0.481. The van der Waals surface area contributed by atoms with Crippen molar-refractivity contribution in [2.75, 3.05) is 31.1 Å². The van der Waals surface area contributed by atoms with E-state index in [4.69, 9.17) is 14.7 Å². The molecule has 2 saturated heterocycles. The molecule has 0 aliphatic carbocycles. The van der Waals surface area contributed by atoms with Gasteiger partial charge in [0.05, 0.1) is 41.2 Å². The van der Waals surface area contributed by atoms with Gasteiger partial charge in [-0.25, -0.2) is 18.4 Å². The van der Waals surface area contributed by atoms with Gasteiger partial charge in [0.2, 0.25) is 5.91 Å². The van der Waals surface area contributed by atoms with Crippen LogP contribution in [-0.4, -0.2) is 83.5 Å². The smallest absolute Gasteiger partial charge is 0.372 e. The van der Waals surface area contributed by atoms with Crippen LogP contribution in [0.3, 0.4) is 0 Å². The molecule has 3 atom stereocenters. The van der Waals surface area contributed by atoms with Gasteiger partial charge in [0, 0.05) is 43.8 Å². The van der Waals surface area contributed by atoms with Crippen LogP contribution in [0.5, 0.6) is 0 Å². The molecule has 3 aromatic rings. The van der Waals surface area contributed by atoms with Crippen LogP contribution in [-0.2, 0) is 26.0 Å². The summed E-state index contributed by atoms with van der Waals surface area (Å²) in [4.78, 5) is 28.8. The van der Waals surface area contributed by atoms with Crippen molar-refractivity contribution in [1.29, 1.82) is 0 Å². The molecule has 2 aliphatic rings. The second-order valence-corrected chi connectivity index (χ2v) is 12.4. The SMILES string of the molecule is C[C@@H]1CN(c2cccc(-c3ccc4cnc(CC(=O)N[C@@H]5CCCN(S(=O)(=O)C(F)(F)F)C5)cc4n3)n2)C[C@H](C)O1. The van der Waals surface area contributed by atoms with E-state index >= 15 is 0 Å². The number of sulfonamides is 1. The van der Waals surface area contributed by atoms with Crippen LogP contribution in [0, 0.1) is 0 Å². The zero-order chi connectivity index (χ0) is 29.4. The van der Waals surface area contributed by atoms with E-state index in [1.54, 1.807) is 12.3 Å². The fourth-order valence-corrected chi connectivity index (χ4v) is 6.31. The number of hydrogen-bond donors (Lipinski definition) is 1. The van der Waals surface area contributed by atoms with E-state index in [2.05, 4.69) is 15.2 Å². The van der Waals surface area contributed by atoms with Gasteiger partial charge in [-0.05, 0) is 57.0 Å². The van der Waals surface area contributed by atoms with E-state index in [-0.39, 0.29) is 31.6 Å². The number of nitrogens with one attached hydrogen (secondary N) is 1. The van der Waals surface area contributed by atoms with E-state index in [0.717, 1.165) is 24.3 Å². The van der Waals surface area contributed by atoms with Gasteiger partial charge in [0.1, 0.15) is 5.82 Å². The van der Waals surface area contributed by atoms with Gasteiger partial charge in [0.15, 0.2) is 0 Å². The number of nitrogens with zero attached hydrogens (tertiary/aromatic N) is 5. The summed E-state index contributed by atoms with van der Waals surface area (Å²) in [7, 11) is -5.44. The number of ether oxygens (including phenoxy) is 1. The zero-order valence-corrected chi connectivity index (χ0v) is 23.5. The molecule has 0 saturated carbocycles. The molecule has 0 radical (unpaired) electrons. The van der Waals surface area contributed by atoms with Gasteiger partial charge in [-0.1, -0.05) is 6.07 Å². The predicted octanol–water partition coefficient (Wildman–Crippen LogP) is 3.28. The van der Waals surface area contributed by atoms with Gasteiger partial charge >= 0.3 is 15.5 Å². The minimum absolute atomic E-state index is 0.0936. The third-order valence-corrected chi connectivity index (χ3v) is 8.69. The monoisotopic (exact) mass is 592 g/mol. The van der Waals surface area contributed by atoms with Gasteiger partial charge in [-0.15, -0.1) is 0 Å². The Morgan fingerprint density at radius 3 is 2.54 bits per heavy atom. The maximum atomic E-state index is 13.0. The molecule has 220 valence electrons. The van der Waals surface area contributed by atoms with Crippen molar-refractivity contribution in [2.24, 2.45) is 0 Å². The van der Waals surface area contributed by atoms with Crippen molar-refractivity contribution in [3.05, 3.63) is 48.3 Å². The number of rotatable bonds is 6. The first kappa shape index (κ1) is 29.1. The Kier molecular flexibility index (Phi) is 8.17. The number of fused-ring (bicyclic) bond motifs is 1. The lowest BCUT2D eigenvalue weighted by Gasteiger charge is -2.36. The molecule has 2 aliphatic heterocycles. The zero-order valence-electron chi connectivity index (χ0n) is 22.6. The lowest BCUT2D eigenvalue weighted by Crippen LogP contribution is -2.52. The summed E-state index contributed by atoms with van der Waals surface area (Å²) < 4.78 is 68.6. The highest BCUT2D eigenvalue weighted by molar-refractivity contribution is 7.90. The van der Waals surface area contributed by atoms with Crippen molar-refractivity contribution in [1.82, 2.24) is 24.6 Å². The Balaban J connectivity index is 1.28. The minimum Gasteiger partial charge on any atom is -0.372 e. The third kappa shape index (κ3) is 6.60. The molecule has 0 bridgehead atoms. The lowest BCUT2D eigenvalue weighted by molar-refractivity contribution is -0.121. The van der Waals surface area contributed by atoms with E-state index < -0.39 is 34.0 Å². The number of amides is 1. The molecular weight excluding hydrogens is 561 g/mol. The largest absolute Gasteiger partial charge is 0.511 e. The number of hydrogen-bond acceptors (Lipinski definition) is 8. The maximum absolute atomic E-state index is 13.0. The highest BCUT2D eigenvalue weighted by Gasteiger charge is 2.50. The average molecular weight is 593 g/mol. The van der Waals surface area contributed by atoms with E-state index in [9.17, 15) is 26.4 Å². The Morgan fingerprint density at radius 1 is 1.07 bits per heavy atom. The van der Waals surface area contributed by atoms with E-state index in [0.29, 0.717) is 33.3 Å². The molecule has 0 aromatic carbocycles. The summed E-state index contributed by atoms with van der Waals surface area (Å²) in [5.41, 5.74) is -2.99. The number of morpholine rings is 1. The lowest BCUT2D eigenvalue weighted by atomic mass is 10.1. The van der Waals surface area contributed by atoms with Crippen LogP contribution < -0.4 is 10.2 Å². The Labute approximate surface area is 236 Å². The summed E-state index contributed by atoms with van der Waals surface area (Å²) in [6, 6.07) is 10.5. The number of halogens is 3. The standard InChI is InChI=1S/C27H31F3N6O4S/c1-17-14-35(15-18(2)40-17)25-7-3-6-22(34-25)23-9-8-19-13-31-21(11-24(19)33-23)12-26(37)32-20-5-4-10-36(16-20)41(38,39)27(28,29)30/h3,6-9,11,13,17-18,20H,4-5,10,12,14-16H2,1-2H3,(H,32,37)/t17-,18+,20-/m1/s1. The summed E-state index contributed by atoms with van der Waals surface area (Å²) in [6.07, 6.45) is 2.24. The topological polar surface area (TPSA) is 118 Å². The Morgan fingerprint density at radius 2 is 1.80 bits per heavy atom. The molecule has 10 nitrogen and oxygen atoms in total. The summed E-state index contributed by atoms with van der Waals surface area (Å²) in [5, 5.41) is 3.42. The van der Waals surface area contributed by atoms with E-state index in [1.807, 2.05) is 44.2 Å². The summed E-state index contributed by atoms with van der Waals surface area (Å²) >= 11 is 0. The molecule has 3 aromatic heterocycles. The molecule has 14 heteroatoms. The minimum atomic E-state index is -5.44. The summed E-state index contributed by atoms with van der Waals surface area (Å²) in [6.45, 7) is 4.87. The molecular formula is C27H31F3N6O4S. The average Bonchev–Trinajstić information content (AvgIpc) is 2.91. The number of piperidine rings is 1. The number of aromatic nitrogens is 3. The van der Waals surface area contributed by atoms with Crippen LogP contribution in [0.15, 0.2) is 42.6 Å². The highest BCUT2D eigenvalue weighted by Crippen LogP contribution is 2.29. The number of carbonyl (C=O) groups excluding carboxylic acids is 1. The first-order chi connectivity index (χ1) is 19.4. The summed E-state index contributed by atoms with van der Waals surface area (Å²) in [5.74, 6) is 0.371. The van der Waals surface area contributed by atoms with Crippen LogP contribution >= 0.6 is 0 Å². The third-order valence-electron chi connectivity index (χ3n) is 7.09. The Bertz CT molecular complexity index is 1530. The van der Waals surface area contributed by atoms with Gasteiger partial charge in [-0.2, -0.15) is 17.5 Å². The molecule has 0 spiro atoms. The van der Waals surface area contributed by atoms with Gasteiger partial charge in [-0.3, -0.25) is 9.78 Å². The molecule has 5 heterocycles. The molecule has 2 fully saturated rings. The number of carbonyl (C=O) groups is 1. The fourth-order valence-electron chi connectivity index (χ4n) is 5.27. The van der Waals surface area contributed by atoms with Crippen molar-refractivity contribution < 1.29 is 31.1 Å². The van der Waals surface area contributed by atoms with Crippen molar-refractivity contribution in [3.63, 3.8) is 0 Å². The van der Waals surface area contributed by atoms with Crippen LogP contribution in [0.1, 0.15) is 32.4 Å². The molecule has 5 rings (SSSR count). The molecule has 1 amide bonds. The van der Waals surface area contributed by atoms with Crippen LogP contribution in [0.2, 0.25) is 0 Å². The first-order valence-corrected chi connectivity index (χ1v) is 14.8. The number of anilines is 1. The number of pyridine rings is 3. The maximum Gasteiger partial charge on any atom is 0.511 e. The van der Waals surface area contributed by atoms with E-state index in [1.165, 1.54) is 0 Å². The second-order valence-electron chi connectivity index (χ2n) is 10.5. The molecule has 41 heavy (non-hydrogen) atoms. The predicted molar refractivity (Wildman–Crippen MR) is 146 cm³/mol. The highest BCUT2D eigenvalue weighted by atomic mass is 32.2. The van der Waals surface area contributed by atoms with Crippen molar-refractivity contribution >= 4 is 32.7 Å². The molecule has 0 unspecified atom stereocenters. The second kappa shape index (κ2) is 11.5. The molecule has 1 N–H and O–H groups in total. The van der Waals surface area contributed by atoms with Gasteiger partial charge in [0.25, 0.3) is 0 Å². The normalized spacial score (nSPS) is 22.6. The first-order valence-electron chi connectivity index (χ1n) is 13.4. The Hall–Kier alpha value is -3.36. The van der Waals surface area contributed by atoms with Crippen LogP contribution in [0.25, 0.3) is 22.3 Å². The quantitative estimate of drug-likeness (QED) is 0.464. The number of alkyl halides is 3. The van der Waals surface area contributed by atoms with Crippen molar-refractivity contribution in [2.45, 2.75) is 56.9 Å².